The number of rotatable bonds is 4. The van der Waals surface area contributed by atoms with Gasteiger partial charge < -0.3 is 10.0 Å². The van der Waals surface area contributed by atoms with Crippen LogP contribution < -0.4 is 0 Å². The topological polar surface area (TPSA) is 101 Å². The number of aromatic nitrogens is 4. The van der Waals surface area contributed by atoms with E-state index in [1.165, 1.54) is 4.80 Å². The van der Waals surface area contributed by atoms with Crippen molar-refractivity contribution in [1.29, 1.82) is 0 Å². The molecule has 1 aliphatic heterocycles. The fourth-order valence-electron chi connectivity index (χ4n) is 2.89. The maximum absolute atomic E-state index is 12.5. The van der Waals surface area contributed by atoms with Crippen molar-refractivity contribution >= 4 is 23.5 Å². The molecule has 0 bridgehead atoms. The molecule has 0 aliphatic carbocycles. The fourth-order valence-corrected chi connectivity index (χ4v) is 3.02. The van der Waals surface area contributed by atoms with Crippen molar-refractivity contribution in [1.82, 2.24) is 25.1 Å². The molecule has 0 saturated carbocycles. The van der Waals surface area contributed by atoms with Crippen LogP contribution in [0.25, 0.3) is 11.4 Å². The van der Waals surface area contributed by atoms with E-state index < -0.39 is 11.9 Å². The van der Waals surface area contributed by atoms with Crippen molar-refractivity contribution in [2.24, 2.45) is 5.92 Å². The van der Waals surface area contributed by atoms with Crippen molar-refractivity contribution in [3.63, 3.8) is 0 Å². The van der Waals surface area contributed by atoms with Crippen molar-refractivity contribution < 1.29 is 14.7 Å². The number of hydrogen-bond acceptors (Lipinski definition) is 5. The predicted molar refractivity (Wildman–Crippen MR) is 89.8 cm³/mol. The molecule has 1 N–H and O–H groups in total. The minimum atomic E-state index is -0.867. The molecule has 25 heavy (non-hydrogen) atoms. The van der Waals surface area contributed by atoms with Crippen molar-refractivity contribution in [2.75, 3.05) is 6.54 Å². The lowest BCUT2D eigenvalue weighted by Crippen LogP contribution is -2.48. The number of halogens is 1. The lowest BCUT2D eigenvalue weighted by Gasteiger charge is -2.36. The highest BCUT2D eigenvalue weighted by molar-refractivity contribution is 6.30. The van der Waals surface area contributed by atoms with Gasteiger partial charge in [0, 0.05) is 23.2 Å². The van der Waals surface area contributed by atoms with Gasteiger partial charge in [-0.1, -0.05) is 11.6 Å². The van der Waals surface area contributed by atoms with Crippen LogP contribution >= 0.6 is 11.6 Å². The number of amides is 1. The zero-order chi connectivity index (χ0) is 18.0. The van der Waals surface area contributed by atoms with Gasteiger partial charge in [0.1, 0.15) is 6.54 Å². The summed E-state index contributed by atoms with van der Waals surface area (Å²) in [7, 11) is 0. The average molecular weight is 364 g/mol. The smallest absolute Gasteiger partial charge is 0.308 e. The molecule has 1 aromatic carbocycles. The number of carbonyl (C=O) groups is 2. The monoisotopic (exact) mass is 363 g/mol. The molecule has 2 unspecified atom stereocenters. The lowest BCUT2D eigenvalue weighted by molar-refractivity contribution is -0.147. The van der Waals surface area contributed by atoms with E-state index in [4.69, 9.17) is 11.6 Å². The van der Waals surface area contributed by atoms with E-state index in [9.17, 15) is 14.7 Å². The zero-order valence-corrected chi connectivity index (χ0v) is 14.4. The van der Waals surface area contributed by atoms with E-state index in [2.05, 4.69) is 15.4 Å². The highest BCUT2D eigenvalue weighted by Crippen LogP contribution is 2.22. The van der Waals surface area contributed by atoms with Crippen LogP contribution in [0.5, 0.6) is 0 Å². The van der Waals surface area contributed by atoms with Gasteiger partial charge in [-0.2, -0.15) is 4.80 Å². The van der Waals surface area contributed by atoms with E-state index in [0.29, 0.717) is 23.7 Å². The molecule has 0 spiro atoms. The molecule has 1 amide bonds. The molecule has 1 saturated heterocycles. The maximum Gasteiger partial charge on any atom is 0.308 e. The first kappa shape index (κ1) is 17.3. The summed E-state index contributed by atoms with van der Waals surface area (Å²) in [6, 6.07) is 7.00. The Labute approximate surface area is 149 Å². The molecule has 1 aromatic heterocycles. The summed E-state index contributed by atoms with van der Waals surface area (Å²) in [4.78, 5) is 26.5. The summed E-state index contributed by atoms with van der Waals surface area (Å²) in [5.74, 6) is -1.19. The quantitative estimate of drug-likeness (QED) is 0.887. The van der Waals surface area contributed by atoms with Crippen LogP contribution in [0.2, 0.25) is 5.02 Å². The number of nitrogens with zero attached hydrogens (tertiary/aromatic N) is 5. The van der Waals surface area contributed by atoms with Gasteiger partial charge >= 0.3 is 5.97 Å². The minimum Gasteiger partial charge on any atom is -0.481 e. The molecule has 3 rings (SSSR count). The van der Waals surface area contributed by atoms with Crippen molar-refractivity contribution in [2.45, 2.75) is 32.4 Å². The highest BCUT2D eigenvalue weighted by Gasteiger charge is 2.32. The van der Waals surface area contributed by atoms with Crippen molar-refractivity contribution in [3.8, 4) is 11.4 Å². The molecular formula is C16H18ClN5O3. The summed E-state index contributed by atoms with van der Waals surface area (Å²) in [6.07, 6.45) is 1.26. The van der Waals surface area contributed by atoms with Crippen LogP contribution in [0.3, 0.4) is 0 Å². The van der Waals surface area contributed by atoms with Crippen LogP contribution in [-0.4, -0.2) is 54.7 Å². The standard InChI is InChI=1S/C16H18ClN5O3/c1-10-2-3-12(16(24)25)8-21(10)14(23)9-22-19-15(18-20-22)11-4-6-13(17)7-5-11/h4-7,10,12H,2-3,8-9H2,1H3,(H,24,25). The van der Waals surface area contributed by atoms with Gasteiger partial charge in [0.05, 0.1) is 5.92 Å². The Morgan fingerprint density at radius 3 is 2.68 bits per heavy atom. The third kappa shape index (κ3) is 3.96. The van der Waals surface area contributed by atoms with Gasteiger partial charge in [0.25, 0.3) is 0 Å². The van der Waals surface area contributed by atoms with Gasteiger partial charge in [-0.3, -0.25) is 9.59 Å². The predicted octanol–water partition coefficient (Wildman–Crippen LogP) is 1.71. The number of piperidine rings is 1. The lowest BCUT2D eigenvalue weighted by atomic mass is 9.93. The Hall–Kier alpha value is -2.48. The van der Waals surface area contributed by atoms with E-state index in [-0.39, 0.29) is 25.0 Å². The van der Waals surface area contributed by atoms with Gasteiger partial charge in [-0.25, -0.2) is 0 Å². The van der Waals surface area contributed by atoms with Crippen LogP contribution in [-0.2, 0) is 16.1 Å². The molecule has 1 fully saturated rings. The highest BCUT2D eigenvalue weighted by atomic mass is 35.5. The van der Waals surface area contributed by atoms with E-state index >= 15 is 0 Å². The van der Waals surface area contributed by atoms with Crippen LogP contribution in [0.15, 0.2) is 24.3 Å². The normalized spacial score (nSPS) is 20.5. The van der Waals surface area contributed by atoms with E-state index in [0.717, 1.165) is 5.56 Å². The fraction of sp³-hybridized carbons (Fsp3) is 0.438. The Kier molecular flexibility index (Phi) is 4.98. The van der Waals surface area contributed by atoms with Gasteiger partial charge in [0.2, 0.25) is 11.7 Å². The van der Waals surface area contributed by atoms with Gasteiger partial charge in [-0.15, -0.1) is 10.2 Å². The van der Waals surface area contributed by atoms with E-state index in [1.807, 2.05) is 6.92 Å². The second-order valence-electron chi connectivity index (χ2n) is 6.16. The number of carboxylic acid groups (broad SMARTS) is 1. The van der Waals surface area contributed by atoms with Crippen LogP contribution in [0.1, 0.15) is 19.8 Å². The number of carbonyl (C=O) groups excluding carboxylic acids is 1. The summed E-state index contributed by atoms with van der Waals surface area (Å²) in [5, 5.41) is 21.9. The third-order valence-corrected chi connectivity index (χ3v) is 4.64. The Morgan fingerprint density at radius 2 is 2.00 bits per heavy atom. The SMILES string of the molecule is CC1CCC(C(=O)O)CN1C(=O)Cn1nnc(-c2ccc(Cl)cc2)n1. The second kappa shape index (κ2) is 7.18. The summed E-state index contributed by atoms with van der Waals surface area (Å²) >= 11 is 5.85. The Balaban J connectivity index is 1.68. The molecule has 1 aliphatic rings. The number of hydrogen-bond donors (Lipinski definition) is 1. The molecule has 2 aromatic rings. The largest absolute Gasteiger partial charge is 0.481 e. The number of likely N-dealkylation sites (tertiary alicyclic amines) is 1. The first-order valence-corrected chi connectivity index (χ1v) is 8.38. The molecule has 9 heteroatoms. The molecular weight excluding hydrogens is 346 g/mol. The number of carboxylic acids is 1. The number of benzene rings is 1. The minimum absolute atomic E-state index is 0.00218. The van der Waals surface area contributed by atoms with Crippen molar-refractivity contribution in [3.05, 3.63) is 29.3 Å². The zero-order valence-electron chi connectivity index (χ0n) is 13.7. The number of tetrazole rings is 1. The molecule has 8 nitrogen and oxygen atoms in total. The number of aliphatic carboxylic acids is 1. The molecule has 132 valence electrons. The molecule has 2 heterocycles. The van der Waals surface area contributed by atoms with Gasteiger partial charge in [0.15, 0.2) is 0 Å². The van der Waals surface area contributed by atoms with E-state index in [1.54, 1.807) is 29.2 Å². The Morgan fingerprint density at radius 1 is 1.28 bits per heavy atom. The summed E-state index contributed by atoms with van der Waals surface area (Å²) < 4.78 is 0. The maximum atomic E-state index is 12.5. The van der Waals surface area contributed by atoms with Crippen LogP contribution in [0.4, 0.5) is 0 Å². The summed E-state index contributed by atoms with van der Waals surface area (Å²) in [5.41, 5.74) is 0.750. The molecule has 2 atom stereocenters. The second-order valence-corrected chi connectivity index (χ2v) is 6.59. The first-order valence-electron chi connectivity index (χ1n) is 8.00. The summed E-state index contributed by atoms with van der Waals surface area (Å²) in [6.45, 7) is 2.06. The third-order valence-electron chi connectivity index (χ3n) is 4.38. The molecule has 0 radical (unpaired) electrons. The Bertz CT molecular complexity index is 776. The van der Waals surface area contributed by atoms with Gasteiger partial charge in [-0.05, 0) is 49.2 Å². The average Bonchev–Trinajstić information content (AvgIpc) is 3.04. The first-order chi connectivity index (χ1) is 11.9. The van der Waals surface area contributed by atoms with Crippen LogP contribution in [0, 0.1) is 5.92 Å².